The molecule has 37 heavy (non-hydrogen) atoms. The van der Waals surface area contributed by atoms with Crippen molar-refractivity contribution in [3.63, 3.8) is 0 Å². The molecule has 0 radical (unpaired) electrons. The first kappa shape index (κ1) is 24.4. The van der Waals surface area contributed by atoms with Crippen molar-refractivity contribution in [2.75, 3.05) is 0 Å². The van der Waals surface area contributed by atoms with Gasteiger partial charge in [0.15, 0.2) is 0 Å². The summed E-state index contributed by atoms with van der Waals surface area (Å²) in [4.78, 5) is 0. The molecule has 0 saturated carbocycles. The number of hydrogen-bond acceptors (Lipinski definition) is 4. The Kier molecular flexibility index (Phi) is 7.39. The molecule has 4 nitrogen and oxygen atoms in total. The molecule has 0 N–H and O–H groups in total. The number of para-hydroxylation sites is 2. The zero-order valence-corrected chi connectivity index (χ0v) is 21.4. The molecule has 0 spiro atoms. The highest BCUT2D eigenvalue weighted by atomic mass is 31.2. The zero-order chi connectivity index (χ0) is 25.5. The molecule has 5 aromatic carbocycles. The van der Waals surface area contributed by atoms with Gasteiger partial charge in [0, 0.05) is 11.1 Å². The molecule has 5 rings (SSSR count). The van der Waals surface area contributed by atoms with E-state index in [1.807, 2.05) is 109 Å². The molecule has 0 bridgehead atoms. The van der Waals surface area contributed by atoms with Gasteiger partial charge in [-0.3, -0.25) is 0 Å². The third-order valence-corrected chi connectivity index (χ3v) is 7.19. The third-order valence-electron chi connectivity index (χ3n) is 5.91. The van der Waals surface area contributed by atoms with Crippen LogP contribution in [0.2, 0.25) is 0 Å². The van der Waals surface area contributed by atoms with E-state index in [1.54, 1.807) is 24.3 Å². The molecule has 0 heterocycles. The SMILES string of the molecule is CCc1ccc(OP(=O)(Oc2ccccc2-c2ccccc2)Oc2ccccc2-c2ccccc2)cc1. The fourth-order valence-electron chi connectivity index (χ4n) is 4.02. The molecule has 0 atom stereocenters. The monoisotopic (exact) mass is 506 g/mol. The van der Waals surface area contributed by atoms with Crippen molar-refractivity contribution in [3.05, 3.63) is 139 Å². The highest BCUT2D eigenvalue weighted by molar-refractivity contribution is 7.49. The van der Waals surface area contributed by atoms with E-state index in [4.69, 9.17) is 13.6 Å². The molecule has 184 valence electrons. The van der Waals surface area contributed by atoms with Crippen LogP contribution in [0.4, 0.5) is 0 Å². The number of phosphoric ester groups is 1. The second kappa shape index (κ2) is 11.2. The molecule has 0 aromatic heterocycles. The van der Waals surface area contributed by atoms with Gasteiger partial charge in [-0.1, -0.05) is 116 Å². The lowest BCUT2D eigenvalue weighted by molar-refractivity contribution is 0.299. The smallest absolute Gasteiger partial charge is 0.386 e. The van der Waals surface area contributed by atoms with Gasteiger partial charge in [0.25, 0.3) is 0 Å². The predicted octanol–water partition coefficient (Wildman–Crippen LogP) is 9.23. The summed E-state index contributed by atoms with van der Waals surface area (Å²) in [5.74, 6) is 1.20. The molecule has 5 heteroatoms. The standard InChI is InChI=1S/C32H27O4P/c1-2-25-21-23-28(24-22-25)34-37(33,35-31-19-11-9-17-29(31)26-13-5-3-6-14-26)36-32-20-12-10-18-30(32)27-15-7-4-8-16-27/h3-24H,2H2,1H3. The number of benzene rings is 5. The van der Waals surface area contributed by atoms with Crippen LogP contribution >= 0.6 is 7.82 Å². The van der Waals surface area contributed by atoms with E-state index >= 15 is 0 Å². The molecule has 0 unspecified atom stereocenters. The summed E-state index contributed by atoms with van der Waals surface area (Å²) in [7, 11) is -4.20. The van der Waals surface area contributed by atoms with Gasteiger partial charge in [0.2, 0.25) is 0 Å². The van der Waals surface area contributed by atoms with Crippen LogP contribution in [0.5, 0.6) is 17.2 Å². The van der Waals surface area contributed by atoms with Crippen LogP contribution in [0.3, 0.4) is 0 Å². The summed E-state index contributed by atoms with van der Waals surface area (Å²) < 4.78 is 32.7. The summed E-state index contributed by atoms with van der Waals surface area (Å²) in [5, 5.41) is 0. The summed E-state index contributed by atoms with van der Waals surface area (Å²) in [6.07, 6.45) is 0.889. The van der Waals surface area contributed by atoms with E-state index in [9.17, 15) is 4.57 Å². The van der Waals surface area contributed by atoms with Crippen molar-refractivity contribution in [3.8, 4) is 39.5 Å². The van der Waals surface area contributed by atoms with E-state index in [0.29, 0.717) is 17.2 Å². The van der Waals surface area contributed by atoms with Gasteiger partial charge < -0.3 is 13.6 Å². The van der Waals surface area contributed by atoms with Crippen LogP contribution in [0.15, 0.2) is 133 Å². The third kappa shape index (κ3) is 5.94. The molecular formula is C32H27O4P. The van der Waals surface area contributed by atoms with Crippen molar-refractivity contribution < 1.29 is 18.1 Å². The fourth-order valence-corrected chi connectivity index (χ4v) is 5.31. The maximum Gasteiger partial charge on any atom is 0.647 e. The zero-order valence-electron chi connectivity index (χ0n) is 20.5. The Morgan fingerprint density at radius 1 is 0.514 bits per heavy atom. The molecule has 5 aromatic rings. The van der Waals surface area contributed by atoms with Crippen molar-refractivity contribution in [1.82, 2.24) is 0 Å². The van der Waals surface area contributed by atoms with Crippen molar-refractivity contribution in [2.45, 2.75) is 13.3 Å². The van der Waals surface area contributed by atoms with E-state index in [-0.39, 0.29) is 0 Å². The van der Waals surface area contributed by atoms with E-state index in [1.165, 1.54) is 0 Å². The fraction of sp³-hybridized carbons (Fsp3) is 0.0625. The first-order valence-corrected chi connectivity index (χ1v) is 13.7. The summed E-state index contributed by atoms with van der Waals surface area (Å²) in [6, 6.07) is 41.9. The first-order valence-electron chi connectivity index (χ1n) is 12.2. The average Bonchev–Trinajstić information content (AvgIpc) is 2.95. The summed E-state index contributed by atoms with van der Waals surface area (Å²) >= 11 is 0. The van der Waals surface area contributed by atoms with Crippen LogP contribution in [-0.2, 0) is 11.0 Å². The van der Waals surface area contributed by atoms with Gasteiger partial charge in [-0.2, -0.15) is 4.57 Å². The van der Waals surface area contributed by atoms with Crippen molar-refractivity contribution in [2.24, 2.45) is 0 Å². The van der Waals surface area contributed by atoms with Gasteiger partial charge in [0.1, 0.15) is 17.2 Å². The molecular weight excluding hydrogens is 479 g/mol. The van der Waals surface area contributed by atoms with Crippen molar-refractivity contribution >= 4 is 7.82 Å². The van der Waals surface area contributed by atoms with Crippen LogP contribution in [-0.4, -0.2) is 0 Å². The van der Waals surface area contributed by atoms with Gasteiger partial charge in [-0.25, -0.2) is 0 Å². The van der Waals surface area contributed by atoms with Crippen LogP contribution < -0.4 is 13.6 Å². The number of hydrogen-bond donors (Lipinski definition) is 0. The topological polar surface area (TPSA) is 44.8 Å². The van der Waals surface area contributed by atoms with Crippen molar-refractivity contribution in [1.29, 1.82) is 0 Å². The highest BCUT2D eigenvalue weighted by Crippen LogP contribution is 2.53. The second-order valence-electron chi connectivity index (χ2n) is 8.44. The quantitative estimate of drug-likeness (QED) is 0.187. The number of phosphoric acid groups is 1. The Labute approximate surface area is 217 Å². The Morgan fingerprint density at radius 2 is 0.946 bits per heavy atom. The summed E-state index contributed by atoms with van der Waals surface area (Å²) in [6.45, 7) is 2.08. The molecule has 0 amide bonds. The molecule has 0 fully saturated rings. The molecule has 0 saturated heterocycles. The Balaban J connectivity index is 1.55. The predicted molar refractivity (Wildman–Crippen MR) is 149 cm³/mol. The molecule has 0 aliphatic heterocycles. The maximum absolute atomic E-state index is 14.4. The van der Waals surface area contributed by atoms with E-state index in [0.717, 1.165) is 34.2 Å². The van der Waals surface area contributed by atoms with E-state index in [2.05, 4.69) is 6.92 Å². The van der Waals surface area contributed by atoms with E-state index < -0.39 is 7.82 Å². The average molecular weight is 507 g/mol. The number of rotatable bonds is 9. The summed E-state index contributed by atoms with van der Waals surface area (Å²) in [5.41, 5.74) is 4.58. The Bertz CT molecular complexity index is 1410. The van der Waals surface area contributed by atoms with Crippen LogP contribution in [0, 0.1) is 0 Å². The Morgan fingerprint density at radius 3 is 1.41 bits per heavy atom. The molecule has 0 aliphatic rings. The lowest BCUT2D eigenvalue weighted by Gasteiger charge is -2.22. The lowest BCUT2D eigenvalue weighted by Crippen LogP contribution is -2.09. The minimum atomic E-state index is -4.20. The highest BCUT2D eigenvalue weighted by Gasteiger charge is 2.35. The second-order valence-corrected chi connectivity index (χ2v) is 9.89. The molecule has 0 aliphatic carbocycles. The van der Waals surface area contributed by atoms with Gasteiger partial charge in [-0.05, 0) is 47.4 Å². The van der Waals surface area contributed by atoms with Crippen LogP contribution in [0.25, 0.3) is 22.3 Å². The van der Waals surface area contributed by atoms with Gasteiger partial charge in [0.05, 0.1) is 0 Å². The number of aryl methyl sites for hydroxylation is 1. The minimum Gasteiger partial charge on any atom is -0.386 e. The lowest BCUT2D eigenvalue weighted by atomic mass is 10.1. The first-order chi connectivity index (χ1) is 18.1. The van der Waals surface area contributed by atoms with Gasteiger partial charge >= 0.3 is 7.82 Å². The largest absolute Gasteiger partial charge is 0.647 e. The Hall–Kier alpha value is -4.27. The maximum atomic E-state index is 14.4. The normalized spacial score (nSPS) is 11.1. The minimum absolute atomic E-state index is 0.398. The van der Waals surface area contributed by atoms with Crippen LogP contribution in [0.1, 0.15) is 12.5 Å². The van der Waals surface area contributed by atoms with Gasteiger partial charge in [-0.15, -0.1) is 0 Å².